The van der Waals surface area contributed by atoms with Gasteiger partial charge in [0, 0.05) is 22.7 Å². The largest absolute Gasteiger partial charge is 0.477 e. The second kappa shape index (κ2) is 7.02. The van der Waals surface area contributed by atoms with Crippen LogP contribution >= 0.6 is 11.8 Å². The lowest BCUT2D eigenvalue weighted by Gasteiger charge is -1.99. The van der Waals surface area contributed by atoms with Gasteiger partial charge in [-0.05, 0) is 36.0 Å². The Morgan fingerprint density at radius 1 is 1.26 bits per heavy atom. The molecule has 0 radical (unpaired) electrons. The molecule has 0 unspecified atom stereocenters. The van der Waals surface area contributed by atoms with Gasteiger partial charge in [0.1, 0.15) is 11.4 Å². The smallest absolute Gasteiger partial charge is 0.342 e. The Bertz CT molecular complexity index is 1200. The molecular weight excluding hydrogens is 360 g/mol. The number of benzene rings is 2. The normalized spacial score (nSPS) is 11.7. The summed E-state index contributed by atoms with van der Waals surface area (Å²) in [5, 5.41) is 20.1. The Balaban J connectivity index is 1.76. The molecule has 0 saturated heterocycles. The first-order valence-electron chi connectivity index (χ1n) is 8.18. The van der Waals surface area contributed by atoms with Crippen molar-refractivity contribution in [3.05, 3.63) is 65.2 Å². The van der Waals surface area contributed by atoms with Crippen LogP contribution in [0.5, 0.6) is 0 Å². The van der Waals surface area contributed by atoms with Crippen LogP contribution in [0.15, 0.2) is 64.8 Å². The first-order chi connectivity index (χ1) is 13.2. The second-order valence-electron chi connectivity index (χ2n) is 5.86. The number of rotatable bonds is 5. The number of imidazole rings is 1. The van der Waals surface area contributed by atoms with E-state index in [-0.39, 0.29) is 11.4 Å². The van der Waals surface area contributed by atoms with Crippen molar-refractivity contribution < 1.29 is 9.90 Å². The molecule has 2 aromatic carbocycles. The maximum absolute atomic E-state index is 11.8. The van der Waals surface area contributed by atoms with E-state index in [1.54, 1.807) is 12.3 Å². The maximum atomic E-state index is 11.8. The predicted molar refractivity (Wildman–Crippen MR) is 105 cm³/mol. The zero-order valence-corrected chi connectivity index (χ0v) is 14.9. The van der Waals surface area contributed by atoms with Gasteiger partial charge in [-0.1, -0.05) is 30.3 Å². The molecule has 0 aliphatic rings. The fraction of sp³-hybridized carbons (Fsp3) is 0.0500. The second-order valence-corrected chi connectivity index (χ2v) is 6.89. The molecule has 7 heteroatoms. The van der Waals surface area contributed by atoms with Crippen LogP contribution in [0.4, 0.5) is 0 Å². The summed E-state index contributed by atoms with van der Waals surface area (Å²) in [4.78, 5) is 19.5. The molecule has 0 bridgehead atoms. The number of thioether (sulfide) groups is 1. The fourth-order valence-electron chi connectivity index (χ4n) is 2.96. The zero-order valence-electron chi connectivity index (χ0n) is 14.1. The molecule has 0 aliphatic heterocycles. The lowest BCUT2D eigenvalue weighted by molar-refractivity contribution is -0.131. The summed E-state index contributed by atoms with van der Waals surface area (Å²) in [6.45, 7) is 0.202. The van der Waals surface area contributed by atoms with Crippen LogP contribution in [-0.4, -0.2) is 25.6 Å². The van der Waals surface area contributed by atoms with Crippen molar-refractivity contribution in [1.29, 1.82) is 5.26 Å². The quantitative estimate of drug-likeness (QED) is 0.402. The van der Waals surface area contributed by atoms with Crippen molar-refractivity contribution >= 4 is 45.7 Å². The Labute approximate surface area is 158 Å². The van der Waals surface area contributed by atoms with Crippen LogP contribution in [0.2, 0.25) is 0 Å². The summed E-state index contributed by atoms with van der Waals surface area (Å²) < 4.78 is 1.81. The minimum atomic E-state index is -1.03. The van der Waals surface area contributed by atoms with Crippen LogP contribution in [0.3, 0.4) is 0 Å². The number of fused-ring (bicyclic) bond motifs is 2. The van der Waals surface area contributed by atoms with E-state index < -0.39 is 5.97 Å². The van der Waals surface area contributed by atoms with Gasteiger partial charge in [0.2, 0.25) is 0 Å². The third kappa shape index (κ3) is 3.30. The summed E-state index contributed by atoms with van der Waals surface area (Å²) >= 11 is 1.07. The number of nitrogens with one attached hydrogen (secondary N) is 1. The van der Waals surface area contributed by atoms with Crippen LogP contribution < -0.4 is 0 Å². The fourth-order valence-corrected chi connectivity index (χ4v) is 3.74. The number of carboxylic acids is 1. The van der Waals surface area contributed by atoms with Gasteiger partial charge >= 0.3 is 5.97 Å². The topological polar surface area (TPSA) is 94.7 Å². The highest BCUT2D eigenvalue weighted by Crippen LogP contribution is 2.30. The van der Waals surface area contributed by atoms with Crippen molar-refractivity contribution in [2.24, 2.45) is 0 Å². The highest BCUT2D eigenvalue weighted by atomic mass is 32.2. The number of carbonyl (C=O) groups is 1. The molecule has 0 aliphatic carbocycles. The van der Waals surface area contributed by atoms with Crippen LogP contribution in [0.1, 0.15) is 5.56 Å². The van der Waals surface area contributed by atoms with E-state index >= 15 is 0 Å². The van der Waals surface area contributed by atoms with Gasteiger partial charge in [-0.15, -0.1) is 0 Å². The van der Waals surface area contributed by atoms with E-state index in [2.05, 4.69) is 16.0 Å². The number of aromatic amines is 1. The molecule has 0 atom stereocenters. The molecule has 0 fully saturated rings. The van der Waals surface area contributed by atoms with E-state index in [0.29, 0.717) is 5.16 Å². The molecule has 6 nitrogen and oxygen atoms in total. The third-order valence-corrected chi connectivity index (χ3v) is 5.03. The summed E-state index contributed by atoms with van der Waals surface area (Å²) in [7, 11) is 0. The minimum Gasteiger partial charge on any atom is -0.477 e. The van der Waals surface area contributed by atoms with E-state index in [9.17, 15) is 9.90 Å². The molecule has 4 aromatic rings. The van der Waals surface area contributed by atoms with Gasteiger partial charge in [-0.2, -0.15) is 5.26 Å². The summed E-state index contributed by atoms with van der Waals surface area (Å²) in [6, 6.07) is 17.3. The molecular formula is C20H14N4O2S. The van der Waals surface area contributed by atoms with Crippen LogP contribution in [-0.2, 0) is 11.3 Å². The summed E-state index contributed by atoms with van der Waals surface area (Å²) in [5.41, 5.74) is 3.29. The lowest BCUT2D eigenvalue weighted by atomic mass is 10.1. The number of para-hydroxylation sites is 3. The van der Waals surface area contributed by atoms with Gasteiger partial charge in [0.25, 0.3) is 0 Å². The van der Waals surface area contributed by atoms with Crippen molar-refractivity contribution in [2.75, 3.05) is 0 Å². The molecule has 27 heavy (non-hydrogen) atoms. The van der Waals surface area contributed by atoms with Crippen molar-refractivity contribution in [2.45, 2.75) is 11.7 Å². The number of nitrogens with zero attached hydrogens (tertiary/aromatic N) is 3. The Morgan fingerprint density at radius 3 is 2.81 bits per heavy atom. The van der Waals surface area contributed by atoms with Crippen LogP contribution in [0, 0.1) is 11.3 Å². The molecule has 4 rings (SSSR count). The first-order valence-corrected chi connectivity index (χ1v) is 9.00. The monoisotopic (exact) mass is 374 g/mol. The van der Waals surface area contributed by atoms with Gasteiger partial charge in [0.05, 0.1) is 17.1 Å². The average Bonchev–Trinajstić information content (AvgIpc) is 3.23. The molecule has 2 heterocycles. The van der Waals surface area contributed by atoms with Crippen molar-refractivity contribution in [3.63, 3.8) is 0 Å². The highest BCUT2D eigenvalue weighted by molar-refractivity contribution is 8.04. The molecule has 132 valence electrons. The summed E-state index contributed by atoms with van der Waals surface area (Å²) in [6.07, 6.45) is 3.42. The molecule has 0 amide bonds. The third-order valence-electron chi connectivity index (χ3n) is 4.13. The molecule has 0 spiro atoms. The number of H-pyrrole nitrogens is 1. The standard InChI is InChI=1S/C20H14N4O2S/c21-9-10-24-12-13(14-5-1-4-8-17(14)24)11-18(19(25)26)27-20-22-15-6-2-3-7-16(15)23-20/h1-8,11-12H,10H2,(H,22,23)(H,25,26)/b18-11-. The van der Waals surface area contributed by atoms with Gasteiger partial charge in [-0.25, -0.2) is 9.78 Å². The maximum Gasteiger partial charge on any atom is 0.342 e. The van der Waals surface area contributed by atoms with E-state index in [0.717, 1.165) is 39.3 Å². The number of aliphatic carboxylic acids is 1. The van der Waals surface area contributed by atoms with E-state index in [4.69, 9.17) is 5.26 Å². The Hall–Kier alpha value is -3.50. The minimum absolute atomic E-state index is 0.147. The zero-order chi connectivity index (χ0) is 18.8. The van der Waals surface area contributed by atoms with Gasteiger partial charge in [0.15, 0.2) is 5.16 Å². The van der Waals surface area contributed by atoms with Crippen molar-refractivity contribution in [3.8, 4) is 6.07 Å². The number of carboxylic acid groups (broad SMARTS) is 1. The Morgan fingerprint density at radius 2 is 2.04 bits per heavy atom. The highest BCUT2D eigenvalue weighted by Gasteiger charge is 2.15. The van der Waals surface area contributed by atoms with E-state index in [1.165, 1.54) is 0 Å². The first kappa shape index (κ1) is 16.9. The van der Waals surface area contributed by atoms with Crippen LogP contribution in [0.25, 0.3) is 28.0 Å². The number of aromatic nitrogens is 3. The summed E-state index contributed by atoms with van der Waals surface area (Å²) in [5.74, 6) is -1.03. The number of hydrogen-bond acceptors (Lipinski definition) is 4. The lowest BCUT2D eigenvalue weighted by Crippen LogP contribution is -1.97. The van der Waals surface area contributed by atoms with Gasteiger partial charge in [-0.3, -0.25) is 0 Å². The number of hydrogen-bond donors (Lipinski definition) is 2. The Kier molecular flexibility index (Phi) is 4.40. The van der Waals surface area contributed by atoms with Gasteiger partial charge < -0.3 is 14.7 Å². The van der Waals surface area contributed by atoms with Crippen molar-refractivity contribution in [1.82, 2.24) is 14.5 Å². The van der Waals surface area contributed by atoms with E-state index in [1.807, 2.05) is 53.1 Å². The molecule has 2 N–H and O–H groups in total. The molecule has 0 saturated carbocycles. The molecule has 2 aromatic heterocycles. The predicted octanol–water partition coefficient (Wildman–Crippen LogP) is 4.26. The number of nitriles is 1. The average molecular weight is 374 g/mol. The SMILES string of the molecule is N#CCn1cc(/C=C(\Sc2nc3ccccc3[nH]2)C(=O)O)c2ccccc21.